The first-order valence-corrected chi connectivity index (χ1v) is 10.4. The first-order chi connectivity index (χ1) is 16.5. The highest BCUT2D eigenvalue weighted by Crippen LogP contribution is 2.25. The number of nitrogens with zero attached hydrogens (tertiary/aromatic N) is 2. The van der Waals surface area contributed by atoms with Crippen molar-refractivity contribution in [2.45, 2.75) is 6.54 Å². The van der Waals surface area contributed by atoms with Gasteiger partial charge in [-0.15, -0.1) is 0 Å². The molecule has 0 unspecified atom stereocenters. The van der Waals surface area contributed by atoms with Gasteiger partial charge in [0.05, 0.1) is 19.2 Å². The Balaban J connectivity index is 1.63. The molecule has 0 radical (unpaired) electrons. The zero-order valence-electron chi connectivity index (χ0n) is 18.3. The third kappa shape index (κ3) is 4.71. The molecule has 4 rings (SSSR count). The minimum absolute atomic E-state index is 0.0918. The van der Waals surface area contributed by atoms with Crippen molar-refractivity contribution in [3.8, 4) is 6.07 Å². The molecule has 0 atom stereocenters. The number of hydrogen-bond acceptors (Lipinski definition) is 4. The molecule has 4 aromatic rings. The minimum atomic E-state index is -0.584. The Hall–Kier alpha value is -4.70. The van der Waals surface area contributed by atoms with Crippen LogP contribution in [-0.2, 0) is 16.1 Å². The van der Waals surface area contributed by atoms with E-state index in [1.54, 1.807) is 36.5 Å². The molecule has 0 aliphatic carbocycles. The van der Waals surface area contributed by atoms with Gasteiger partial charge < -0.3 is 14.6 Å². The van der Waals surface area contributed by atoms with Crippen molar-refractivity contribution in [3.05, 3.63) is 107 Å². The van der Waals surface area contributed by atoms with Crippen molar-refractivity contribution < 1.29 is 18.7 Å². The van der Waals surface area contributed by atoms with E-state index < -0.39 is 11.9 Å². The fourth-order valence-electron chi connectivity index (χ4n) is 3.64. The lowest BCUT2D eigenvalue weighted by Gasteiger charge is -2.06. The van der Waals surface area contributed by atoms with Crippen LogP contribution in [0.15, 0.2) is 84.6 Å². The van der Waals surface area contributed by atoms with Crippen LogP contribution in [0.1, 0.15) is 21.5 Å². The maximum atomic E-state index is 14.2. The lowest BCUT2D eigenvalue weighted by molar-refractivity contribution is -0.112. The number of nitrogens with one attached hydrogen (secondary N) is 1. The Labute approximate surface area is 195 Å². The van der Waals surface area contributed by atoms with Gasteiger partial charge in [0, 0.05) is 33.9 Å². The summed E-state index contributed by atoms with van der Waals surface area (Å²) in [5.74, 6) is -1.37. The summed E-state index contributed by atoms with van der Waals surface area (Å²) in [6.45, 7) is 0.307. The van der Waals surface area contributed by atoms with Crippen molar-refractivity contribution in [2.75, 3.05) is 12.4 Å². The number of carbonyl (C=O) groups is 2. The highest BCUT2D eigenvalue weighted by atomic mass is 19.1. The van der Waals surface area contributed by atoms with E-state index in [1.165, 1.54) is 31.4 Å². The molecule has 0 saturated heterocycles. The maximum absolute atomic E-state index is 14.2. The molecule has 0 aliphatic rings. The van der Waals surface area contributed by atoms with Crippen molar-refractivity contribution in [1.82, 2.24) is 4.57 Å². The average Bonchev–Trinajstić information content (AvgIpc) is 3.21. The van der Waals surface area contributed by atoms with Gasteiger partial charge in [0.25, 0.3) is 5.91 Å². The molecular formula is C27H20FN3O3. The summed E-state index contributed by atoms with van der Waals surface area (Å²) in [6.07, 6.45) is 3.31. The predicted molar refractivity (Wildman–Crippen MR) is 127 cm³/mol. The molecule has 6 nitrogen and oxygen atoms in total. The number of benzene rings is 3. The van der Waals surface area contributed by atoms with Gasteiger partial charge in [-0.1, -0.05) is 36.4 Å². The number of halogens is 1. The van der Waals surface area contributed by atoms with Crippen molar-refractivity contribution >= 4 is 34.5 Å². The lowest BCUT2D eigenvalue weighted by Crippen LogP contribution is -2.13. The van der Waals surface area contributed by atoms with E-state index in [4.69, 9.17) is 0 Å². The molecule has 0 spiro atoms. The summed E-state index contributed by atoms with van der Waals surface area (Å²) < 4.78 is 20.7. The Morgan fingerprint density at radius 3 is 2.47 bits per heavy atom. The summed E-state index contributed by atoms with van der Waals surface area (Å²) in [5.41, 5.74) is 2.74. The van der Waals surface area contributed by atoms with Crippen LogP contribution in [0.2, 0.25) is 0 Å². The summed E-state index contributed by atoms with van der Waals surface area (Å²) in [7, 11) is 1.29. The number of aromatic nitrogens is 1. The molecule has 0 bridgehead atoms. The van der Waals surface area contributed by atoms with E-state index in [1.807, 2.05) is 34.9 Å². The van der Waals surface area contributed by atoms with Gasteiger partial charge in [-0.2, -0.15) is 5.26 Å². The fraction of sp³-hybridized carbons (Fsp3) is 0.0741. The highest BCUT2D eigenvalue weighted by Gasteiger charge is 2.14. The molecule has 3 aromatic carbocycles. The van der Waals surface area contributed by atoms with Crippen molar-refractivity contribution in [2.24, 2.45) is 0 Å². The molecule has 0 saturated carbocycles. The van der Waals surface area contributed by atoms with E-state index in [2.05, 4.69) is 10.1 Å². The maximum Gasteiger partial charge on any atom is 0.337 e. The second-order valence-corrected chi connectivity index (χ2v) is 7.51. The van der Waals surface area contributed by atoms with Crippen LogP contribution < -0.4 is 5.32 Å². The first-order valence-electron chi connectivity index (χ1n) is 10.4. The molecule has 1 amide bonds. The van der Waals surface area contributed by atoms with E-state index >= 15 is 0 Å². The van der Waals surface area contributed by atoms with E-state index in [-0.39, 0.29) is 11.4 Å². The van der Waals surface area contributed by atoms with E-state index in [0.29, 0.717) is 28.9 Å². The van der Waals surface area contributed by atoms with Crippen LogP contribution in [0, 0.1) is 17.1 Å². The van der Waals surface area contributed by atoms with Gasteiger partial charge in [0.2, 0.25) is 0 Å². The number of para-hydroxylation sites is 1. The summed E-state index contributed by atoms with van der Waals surface area (Å²) >= 11 is 0. The average molecular weight is 453 g/mol. The van der Waals surface area contributed by atoms with Gasteiger partial charge in [-0.05, 0) is 42.5 Å². The second kappa shape index (κ2) is 9.84. The summed E-state index contributed by atoms with van der Waals surface area (Å²) in [4.78, 5) is 24.3. The fourth-order valence-corrected chi connectivity index (χ4v) is 3.64. The van der Waals surface area contributed by atoms with Crippen LogP contribution in [-0.4, -0.2) is 23.6 Å². The number of esters is 1. The van der Waals surface area contributed by atoms with Crippen molar-refractivity contribution in [3.63, 3.8) is 0 Å². The minimum Gasteiger partial charge on any atom is -0.465 e. The smallest absolute Gasteiger partial charge is 0.337 e. The molecule has 0 aliphatic heterocycles. The van der Waals surface area contributed by atoms with Crippen LogP contribution >= 0.6 is 0 Å². The van der Waals surface area contributed by atoms with E-state index in [0.717, 1.165) is 10.9 Å². The van der Waals surface area contributed by atoms with Gasteiger partial charge in [-0.25, -0.2) is 9.18 Å². The number of amides is 1. The lowest BCUT2D eigenvalue weighted by atomic mass is 10.1. The molecule has 1 aromatic heterocycles. The number of anilines is 1. The summed E-state index contributed by atoms with van der Waals surface area (Å²) in [6, 6.07) is 22.2. The predicted octanol–water partition coefficient (Wildman–Crippen LogP) is 5.16. The number of methoxy groups -OCH3 is 1. The number of hydrogen-bond donors (Lipinski definition) is 1. The van der Waals surface area contributed by atoms with Crippen LogP contribution in [0.3, 0.4) is 0 Å². The molecule has 168 valence electrons. The highest BCUT2D eigenvalue weighted by molar-refractivity contribution is 6.11. The second-order valence-electron chi connectivity index (χ2n) is 7.51. The largest absolute Gasteiger partial charge is 0.465 e. The Morgan fingerprint density at radius 2 is 1.76 bits per heavy atom. The number of fused-ring (bicyclic) bond motifs is 1. The number of ether oxygens (including phenoxy) is 1. The monoisotopic (exact) mass is 453 g/mol. The third-order valence-corrected chi connectivity index (χ3v) is 5.35. The van der Waals surface area contributed by atoms with Crippen LogP contribution in [0.5, 0.6) is 0 Å². The molecule has 1 N–H and O–H groups in total. The van der Waals surface area contributed by atoms with Crippen LogP contribution in [0.25, 0.3) is 17.0 Å². The zero-order valence-corrected chi connectivity index (χ0v) is 18.3. The Morgan fingerprint density at radius 1 is 1.06 bits per heavy atom. The van der Waals surface area contributed by atoms with Crippen LogP contribution in [0.4, 0.5) is 10.1 Å². The van der Waals surface area contributed by atoms with Gasteiger partial charge in [0.15, 0.2) is 0 Å². The number of nitriles is 1. The summed E-state index contributed by atoms with van der Waals surface area (Å²) in [5, 5.41) is 13.1. The van der Waals surface area contributed by atoms with Crippen molar-refractivity contribution in [1.29, 1.82) is 5.26 Å². The standard InChI is InChI=1S/C27H20FN3O3/c1-34-27(33)18-10-12-22(13-11-18)30-26(32)20(15-29)14-21-17-31(25-9-5-3-7-23(21)25)16-19-6-2-4-8-24(19)28/h2-14,17H,16H2,1H3,(H,30,32)/b20-14+. The molecule has 7 heteroatoms. The van der Waals surface area contributed by atoms with E-state index in [9.17, 15) is 19.2 Å². The molecule has 34 heavy (non-hydrogen) atoms. The quantitative estimate of drug-likeness (QED) is 0.248. The topological polar surface area (TPSA) is 84.1 Å². The van der Waals surface area contributed by atoms with Gasteiger partial charge in [-0.3, -0.25) is 4.79 Å². The SMILES string of the molecule is COC(=O)c1ccc(NC(=O)/C(C#N)=C/c2cn(Cc3ccccc3F)c3ccccc23)cc1. The molecular weight excluding hydrogens is 433 g/mol. The Bertz CT molecular complexity index is 1450. The molecule has 1 heterocycles. The number of carbonyl (C=O) groups excluding carboxylic acids is 2. The third-order valence-electron chi connectivity index (χ3n) is 5.35. The first kappa shape index (κ1) is 22.5. The van der Waals surface area contributed by atoms with Gasteiger partial charge in [0.1, 0.15) is 17.5 Å². The van der Waals surface area contributed by atoms with Gasteiger partial charge >= 0.3 is 5.97 Å². The normalized spacial score (nSPS) is 11.1. The number of rotatable bonds is 6. The Kier molecular flexibility index (Phi) is 6.51. The molecule has 0 fully saturated rings. The zero-order chi connectivity index (χ0) is 24.1.